The van der Waals surface area contributed by atoms with Gasteiger partial charge in [0, 0.05) is 24.2 Å². The molecule has 8 heteroatoms. The largest absolute Gasteiger partial charge is 0.433 e. The quantitative estimate of drug-likeness (QED) is 0.925. The summed E-state index contributed by atoms with van der Waals surface area (Å²) >= 11 is 1.42. The fourth-order valence-electron chi connectivity index (χ4n) is 2.27. The molecule has 112 valence electrons. The van der Waals surface area contributed by atoms with Crippen LogP contribution >= 0.6 is 11.3 Å². The Bertz CT molecular complexity index is 603. The number of hydrogen-bond donors (Lipinski definition) is 1. The first-order valence-corrected chi connectivity index (χ1v) is 7.43. The molecule has 1 fully saturated rings. The Balaban J connectivity index is 1.79. The van der Waals surface area contributed by atoms with Crippen LogP contribution in [-0.4, -0.2) is 28.3 Å². The van der Waals surface area contributed by atoms with Crippen LogP contribution in [0.3, 0.4) is 0 Å². The Morgan fingerprint density at radius 1 is 1.24 bits per heavy atom. The summed E-state index contributed by atoms with van der Waals surface area (Å²) in [5, 5.41) is 13.1. The summed E-state index contributed by atoms with van der Waals surface area (Å²) in [5.41, 5.74) is -0.331. The van der Waals surface area contributed by atoms with Crippen molar-refractivity contribution in [1.29, 1.82) is 0 Å². The number of halogens is 3. The Kier molecular flexibility index (Phi) is 3.90. The minimum absolute atomic E-state index is 0.340. The van der Waals surface area contributed by atoms with E-state index < -0.39 is 11.9 Å². The molecule has 0 spiro atoms. The van der Waals surface area contributed by atoms with E-state index in [-0.39, 0.29) is 0 Å². The van der Waals surface area contributed by atoms with Crippen LogP contribution in [0.5, 0.6) is 0 Å². The molecule has 0 bridgehead atoms. The first-order chi connectivity index (χ1) is 10.0. The van der Waals surface area contributed by atoms with E-state index in [0.717, 1.165) is 37.0 Å². The van der Waals surface area contributed by atoms with Crippen LogP contribution in [0.4, 0.5) is 13.2 Å². The molecule has 3 rings (SSSR count). The smallest absolute Gasteiger partial charge is 0.316 e. The van der Waals surface area contributed by atoms with Gasteiger partial charge in [-0.05, 0) is 31.5 Å². The van der Waals surface area contributed by atoms with Crippen molar-refractivity contribution >= 4 is 11.3 Å². The molecule has 2 aromatic rings. The van der Waals surface area contributed by atoms with Gasteiger partial charge in [0.25, 0.3) is 0 Å². The van der Waals surface area contributed by atoms with E-state index in [2.05, 4.69) is 20.5 Å². The molecule has 1 aliphatic rings. The fourth-order valence-corrected chi connectivity index (χ4v) is 3.23. The van der Waals surface area contributed by atoms with Crippen molar-refractivity contribution in [3.05, 3.63) is 29.0 Å². The summed E-state index contributed by atoms with van der Waals surface area (Å²) in [7, 11) is 0. The highest BCUT2D eigenvalue weighted by Crippen LogP contribution is 2.32. The van der Waals surface area contributed by atoms with E-state index >= 15 is 0 Å². The van der Waals surface area contributed by atoms with Gasteiger partial charge >= 0.3 is 6.18 Å². The van der Waals surface area contributed by atoms with Crippen molar-refractivity contribution in [2.24, 2.45) is 0 Å². The normalized spacial score (nSPS) is 19.7. The molecule has 0 aromatic carbocycles. The molecular formula is C13H13F3N4S. The van der Waals surface area contributed by atoms with Crippen molar-refractivity contribution in [3.8, 4) is 10.6 Å². The Morgan fingerprint density at radius 3 is 2.71 bits per heavy atom. The van der Waals surface area contributed by atoms with Crippen molar-refractivity contribution in [2.75, 3.05) is 13.1 Å². The van der Waals surface area contributed by atoms with Crippen LogP contribution in [0.25, 0.3) is 10.6 Å². The monoisotopic (exact) mass is 314 g/mol. The van der Waals surface area contributed by atoms with Crippen LogP contribution in [0.1, 0.15) is 29.5 Å². The fraction of sp³-hybridized carbons (Fsp3) is 0.462. The van der Waals surface area contributed by atoms with E-state index in [1.165, 1.54) is 23.6 Å². The maximum atomic E-state index is 12.5. The van der Waals surface area contributed by atoms with Gasteiger partial charge in [0.05, 0.1) is 0 Å². The molecular weight excluding hydrogens is 301 g/mol. The molecule has 1 atom stereocenters. The average Bonchev–Trinajstić information content (AvgIpc) is 2.97. The molecule has 0 aliphatic carbocycles. The summed E-state index contributed by atoms with van der Waals surface area (Å²) in [6.07, 6.45) is -1.06. The first-order valence-electron chi connectivity index (χ1n) is 6.62. The number of aromatic nitrogens is 3. The average molecular weight is 314 g/mol. The molecule has 1 saturated heterocycles. The highest BCUT2D eigenvalue weighted by molar-refractivity contribution is 7.14. The molecule has 1 N–H and O–H groups in total. The van der Waals surface area contributed by atoms with Crippen LogP contribution in [0.2, 0.25) is 0 Å². The van der Waals surface area contributed by atoms with Crippen LogP contribution in [0, 0.1) is 0 Å². The molecule has 1 aliphatic heterocycles. The Labute approximate surface area is 123 Å². The number of nitrogens with one attached hydrogen (secondary N) is 1. The number of pyridine rings is 1. The summed E-state index contributed by atoms with van der Waals surface area (Å²) in [6.45, 7) is 1.89. The predicted octanol–water partition coefficient (Wildman–Crippen LogP) is 3.09. The predicted molar refractivity (Wildman–Crippen MR) is 73.0 cm³/mol. The number of alkyl halides is 3. The zero-order valence-electron chi connectivity index (χ0n) is 11.0. The lowest BCUT2D eigenvalue weighted by Crippen LogP contribution is -2.28. The minimum Gasteiger partial charge on any atom is -0.316 e. The van der Waals surface area contributed by atoms with Gasteiger partial charge in [0.1, 0.15) is 15.7 Å². The molecule has 1 unspecified atom stereocenters. The summed E-state index contributed by atoms with van der Waals surface area (Å²) in [5.74, 6) is 0.340. The number of nitrogens with zero attached hydrogens (tertiary/aromatic N) is 3. The topological polar surface area (TPSA) is 50.7 Å². The Hall–Kier alpha value is -1.54. The molecule has 21 heavy (non-hydrogen) atoms. The van der Waals surface area contributed by atoms with Crippen molar-refractivity contribution < 1.29 is 13.2 Å². The zero-order valence-corrected chi connectivity index (χ0v) is 11.8. The molecule has 3 heterocycles. The summed E-state index contributed by atoms with van der Waals surface area (Å²) in [4.78, 5) is 3.45. The summed E-state index contributed by atoms with van der Waals surface area (Å²) < 4.78 is 37.4. The second-order valence-electron chi connectivity index (χ2n) is 4.92. The van der Waals surface area contributed by atoms with E-state index in [4.69, 9.17) is 0 Å². The van der Waals surface area contributed by atoms with Gasteiger partial charge in [-0.3, -0.25) is 4.98 Å². The van der Waals surface area contributed by atoms with E-state index in [9.17, 15) is 13.2 Å². The third-order valence-electron chi connectivity index (χ3n) is 3.39. The van der Waals surface area contributed by atoms with E-state index in [0.29, 0.717) is 16.5 Å². The van der Waals surface area contributed by atoms with Crippen LogP contribution in [0.15, 0.2) is 18.3 Å². The van der Waals surface area contributed by atoms with Crippen molar-refractivity contribution in [3.63, 3.8) is 0 Å². The second-order valence-corrected chi connectivity index (χ2v) is 5.93. The van der Waals surface area contributed by atoms with Crippen molar-refractivity contribution in [2.45, 2.75) is 24.9 Å². The lowest BCUT2D eigenvalue weighted by atomic mass is 10.0. The molecule has 2 aromatic heterocycles. The highest BCUT2D eigenvalue weighted by atomic mass is 32.1. The lowest BCUT2D eigenvalue weighted by Gasteiger charge is -2.19. The van der Waals surface area contributed by atoms with Gasteiger partial charge in [0.2, 0.25) is 0 Å². The SMILES string of the molecule is FC(F)(F)c1ccc(-c2nnc(C3CCCNC3)s2)cn1. The highest BCUT2D eigenvalue weighted by Gasteiger charge is 2.32. The van der Waals surface area contributed by atoms with Gasteiger partial charge in [-0.25, -0.2) is 0 Å². The van der Waals surface area contributed by atoms with Crippen LogP contribution in [-0.2, 0) is 6.18 Å². The van der Waals surface area contributed by atoms with E-state index in [1.54, 1.807) is 0 Å². The van der Waals surface area contributed by atoms with Gasteiger partial charge < -0.3 is 5.32 Å². The maximum absolute atomic E-state index is 12.5. The maximum Gasteiger partial charge on any atom is 0.433 e. The van der Waals surface area contributed by atoms with Crippen LogP contribution < -0.4 is 5.32 Å². The minimum atomic E-state index is -4.42. The molecule has 4 nitrogen and oxygen atoms in total. The molecule has 0 saturated carbocycles. The first kappa shape index (κ1) is 14.4. The Morgan fingerprint density at radius 2 is 2.10 bits per heavy atom. The zero-order chi connectivity index (χ0) is 14.9. The lowest BCUT2D eigenvalue weighted by molar-refractivity contribution is -0.141. The van der Waals surface area contributed by atoms with Crippen molar-refractivity contribution in [1.82, 2.24) is 20.5 Å². The number of rotatable bonds is 2. The van der Waals surface area contributed by atoms with Gasteiger partial charge in [-0.2, -0.15) is 13.2 Å². The third-order valence-corrected chi connectivity index (χ3v) is 4.52. The van der Waals surface area contributed by atoms with E-state index in [1.807, 2.05) is 0 Å². The standard InChI is InChI=1S/C13H13F3N4S/c14-13(15,16)10-4-3-9(7-18-10)12-20-19-11(21-12)8-2-1-5-17-6-8/h3-4,7-8,17H,1-2,5-6H2. The summed E-state index contributed by atoms with van der Waals surface area (Å²) in [6, 6.07) is 2.36. The van der Waals surface area contributed by atoms with Gasteiger partial charge in [-0.1, -0.05) is 11.3 Å². The third kappa shape index (κ3) is 3.21. The molecule has 0 amide bonds. The van der Waals surface area contributed by atoms with Gasteiger partial charge in [-0.15, -0.1) is 10.2 Å². The second kappa shape index (κ2) is 5.69. The van der Waals surface area contributed by atoms with Gasteiger partial charge in [0.15, 0.2) is 0 Å². The number of piperidine rings is 1. The number of hydrogen-bond acceptors (Lipinski definition) is 5. The molecule has 0 radical (unpaired) electrons.